The molecular formula is C16H13FN2O2. The molecule has 2 N–H and O–H groups in total. The van der Waals surface area contributed by atoms with Gasteiger partial charge in [0.15, 0.2) is 0 Å². The highest BCUT2D eigenvalue weighted by Crippen LogP contribution is 2.23. The first-order valence-corrected chi connectivity index (χ1v) is 6.58. The first kappa shape index (κ1) is 13.3. The summed E-state index contributed by atoms with van der Waals surface area (Å²) in [5.74, 6) is -1.03. The van der Waals surface area contributed by atoms with Gasteiger partial charge in [0, 0.05) is 12.2 Å². The fraction of sp³-hybridized carbons (Fsp3) is 0.125. The number of carbonyl (C=O) groups is 2. The van der Waals surface area contributed by atoms with Gasteiger partial charge in [-0.2, -0.15) is 0 Å². The van der Waals surface area contributed by atoms with Crippen LogP contribution in [0, 0.1) is 5.82 Å². The van der Waals surface area contributed by atoms with Crippen molar-refractivity contribution in [3.8, 4) is 0 Å². The Balaban J connectivity index is 1.69. The molecule has 5 heteroatoms. The van der Waals surface area contributed by atoms with Gasteiger partial charge in [0.1, 0.15) is 5.82 Å². The first-order valence-electron chi connectivity index (χ1n) is 6.58. The van der Waals surface area contributed by atoms with Crippen LogP contribution >= 0.6 is 0 Å². The van der Waals surface area contributed by atoms with Gasteiger partial charge in [-0.05, 0) is 29.3 Å². The van der Waals surface area contributed by atoms with Gasteiger partial charge in [-0.1, -0.05) is 24.3 Å². The number of rotatable bonds is 3. The van der Waals surface area contributed by atoms with E-state index in [2.05, 4.69) is 10.6 Å². The summed E-state index contributed by atoms with van der Waals surface area (Å²) in [6.45, 7) is 0.286. The number of anilines is 1. The van der Waals surface area contributed by atoms with Gasteiger partial charge in [-0.3, -0.25) is 9.59 Å². The summed E-state index contributed by atoms with van der Waals surface area (Å²) < 4.78 is 13.5. The summed E-state index contributed by atoms with van der Waals surface area (Å²) in [6, 6.07) is 11.4. The molecule has 0 bridgehead atoms. The molecule has 3 rings (SSSR count). The van der Waals surface area contributed by atoms with E-state index in [0.717, 1.165) is 16.8 Å². The normalized spacial score (nSPS) is 12.7. The predicted octanol–water partition coefficient (Wildman–Crippen LogP) is 2.25. The van der Waals surface area contributed by atoms with E-state index < -0.39 is 11.7 Å². The first-order chi connectivity index (χ1) is 10.1. The summed E-state index contributed by atoms with van der Waals surface area (Å²) >= 11 is 0. The van der Waals surface area contributed by atoms with Crippen molar-refractivity contribution in [3.05, 3.63) is 65.0 Å². The van der Waals surface area contributed by atoms with E-state index in [9.17, 15) is 14.0 Å². The van der Waals surface area contributed by atoms with E-state index >= 15 is 0 Å². The van der Waals surface area contributed by atoms with Gasteiger partial charge in [0.05, 0.1) is 12.0 Å². The number of benzene rings is 2. The smallest absolute Gasteiger partial charge is 0.254 e. The van der Waals surface area contributed by atoms with Crippen molar-refractivity contribution in [1.82, 2.24) is 5.32 Å². The van der Waals surface area contributed by atoms with Crippen molar-refractivity contribution in [2.24, 2.45) is 0 Å². The second kappa shape index (κ2) is 5.36. The third kappa shape index (κ3) is 2.76. The van der Waals surface area contributed by atoms with E-state index in [-0.39, 0.29) is 18.0 Å². The Bertz CT molecular complexity index is 728. The van der Waals surface area contributed by atoms with Crippen LogP contribution in [0.1, 0.15) is 21.5 Å². The molecule has 0 aromatic heterocycles. The molecule has 0 saturated carbocycles. The van der Waals surface area contributed by atoms with Gasteiger partial charge in [-0.15, -0.1) is 0 Å². The van der Waals surface area contributed by atoms with Crippen LogP contribution < -0.4 is 10.6 Å². The summed E-state index contributed by atoms with van der Waals surface area (Å²) in [7, 11) is 0. The average Bonchev–Trinajstić information content (AvgIpc) is 2.84. The highest BCUT2D eigenvalue weighted by atomic mass is 19.1. The topological polar surface area (TPSA) is 58.2 Å². The van der Waals surface area contributed by atoms with E-state index in [0.29, 0.717) is 6.42 Å². The van der Waals surface area contributed by atoms with Crippen LogP contribution in [0.2, 0.25) is 0 Å². The molecule has 106 valence electrons. The second-order valence-corrected chi connectivity index (χ2v) is 4.88. The zero-order valence-electron chi connectivity index (χ0n) is 11.2. The fourth-order valence-corrected chi connectivity index (χ4v) is 2.32. The van der Waals surface area contributed by atoms with Gasteiger partial charge in [-0.25, -0.2) is 4.39 Å². The van der Waals surface area contributed by atoms with Crippen LogP contribution in [0.25, 0.3) is 0 Å². The summed E-state index contributed by atoms with van der Waals surface area (Å²) in [4.78, 5) is 23.2. The summed E-state index contributed by atoms with van der Waals surface area (Å²) in [5, 5.41) is 5.42. The minimum Gasteiger partial charge on any atom is -0.348 e. The molecule has 0 unspecified atom stereocenters. The lowest BCUT2D eigenvalue weighted by Crippen LogP contribution is -2.23. The quantitative estimate of drug-likeness (QED) is 0.908. The monoisotopic (exact) mass is 284 g/mol. The maximum absolute atomic E-state index is 13.5. The molecule has 0 atom stereocenters. The highest BCUT2D eigenvalue weighted by molar-refractivity contribution is 5.99. The van der Waals surface area contributed by atoms with Crippen molar-refractivity contribution < 1.29 is 14.0 Å². The molecule has 2 amide bonds. The van der Waals surface area contributed by atoms with E-state index in [1.807, 2.05) is 18.2 Å². The molecule has 0 fully saturated rings. The molecule has 21 heavy (non-hydrogen) atoms. The molecule has 0 aliphatic carbocycles. The maximum Gasteiger partial charge on any atom is 0.254 e. The average molecular weight is 284 g/mol. The molecule has 0 saturated heterocycles. The molecule has 1 aliphatic heterocycles. The number of fused-ring (bicyclic) bond motifs is 1. The Morgan fingerprint density at radius 1 is 1.24 bits per heavy atom. The van der Waals surface area contributed by atoms with Crippen LogP contribution in [-0.4, -0.2) is 11.8 Å². The number of halogens is 1. The van der Waals surface area contributed by atoms with Crippen molar-refractivity contribution in [2.75, 3.05) is 5.32 Å². The standard InChI is InChI=1S/C16H13FN2O2/c17-13-4-2-1-3-12(13)16(21)18-9-10-5-6-14-11(7-10)8-15(20)19-14/h1-7H,8-9H2,(H,18,21)(H,19,20). The molecule has 4 nitrogen and oxygen atoms in total. The molecular weight excluding hydrogens is 271 g/mol. The fourth-order valence-electron chi connectivity index (χ4n) is 2.32. The molecule has 1 heterocycles. The van der Waals surface area contributed by atoms with E-state index in [1.54, 1.807) is 6.07 Å². The lowest BCUT2D eigenvalue weighted by molar-refractivity contribution is -0.115. The minimum atomic E-state index is -0.543. The lowest BCUT2D eigenvalue weighted by atomic mass is 10.1. The number of hydrogen-bond acceptors (Lipinski definition) is 2. The Labute approximate surface area is 121 Å². The van der Waals surface area contributed by atoms with Crippen molar-refractivity contribution in [3.63, 3.8) is 0 Å². The maximum atomic E-state index is 13.5. The Hall–Kier alpha value is -2.69. The van der Waals surface area contributed by atoms with E-state index in [4.69, 9.17) is 0 Å². The zero-order valence-corrected chi connectivity index (χ0v) is 11.2. The van der Waals surface area contributed by atoms with Gasteiger partial charge < -0.3 is 10.6 Å². The molecule has 0 spiro atoms. The Kier molecular flexibility index (Phi) is 3.39. The summed E-state index contributed by atoms with van der Waals surface area (Å²) in [5.41, 5.74) is 2.62. The van der Waals surface area contributed by atoms with Gasteiger partial charge in [0.2, 0.25) is 5.91 Å². The second-order valence-electron chi connectivity index (χ2n) is 4.88. The van der Waals surface area contributed by atoms with Gasteiger partial charge in [0.25, 0.3) is 5.91 Å². The minimum absolute atomic E-state index is 0.0236. The molecule has 1 aliphatic rings. The number of hydrogen-bond donors (Lipinski definition) is 2. The number of amides is 2. The SMILES string of the molecule is O=C1Cc2cc(CNC(=O)c3ccccc3F)ccc2N1. The number of nitrogens with one attached hydrogen (secondary N) is 2. The van der Waals surface area contributed by atoms with Crippen LogP contribution in [-0.2, 0) is 17.8 Å². The Morgan fingerprint density at radius 2 is 2.05 bits per heavy atom. The zero-order chi connectivity index (χ0) is 14.8. The molecule has 2 aromatic carbocycles. The lowest BCUT2D eigenvalue weighted by Gasteiger charge is -2.07. The predicted molar refractivity (Wildman–Crippen MR) is 76.3 cm³/mol. The van der Waals surface area contributed by atoms with Crippen molar-refractivity contribution >= 4 is 17.5 Å². The van der Waals surface area contributed by atoms with Crippen molar-refractivity contribution in [1.29, 1.82) is 0 Å². The summed E-state index contributed by atoms with van der Waals surface area (Å²) in [6.07, 6.45) is 0.352. The van der Waals surface area contributed by atoms with Gasteiger partial charge >= 0.3 is 0 Å². The number of carbonyl (C=O) groups excluding carboxylic acids is 2. The molecule has 0 radical (unpaired) electrons. The Morgan fingerprint density at radius 3 is 2.86 bits per heavy atom. The largest absolute Gasteiger partial charge is 0.348 e. The van der Waals surface area contributed by atoms with Crippen molar-refractivity contribution in [2.45, 2.75) is 13.0 Å². The van der Waals surface area contributed by atoms with Crippen LogP contribution in [0.4, 0.5) is 10.1 Å². The van der Waals surface area contributed by atoms with Crippen LogP contribution in [0.5, 0.6) is 0 Å². The third-order valence-electron chi connectivity index (χ3n) is 3.37. The highest BCUT2D eigenvalue weighted by Gasteiger charge is 2.17. The van der Waals surface area contributed by atoms with E-state index in [1.165, 1.54) is 18.2 Å². The third-order valence-corrected chi connectivity index (χ3v) is 3.37. The van der Waals surface area contributed by atoms with Crippen LogP contribution in [0.15, 0.2) is 42.5 Å². The van der Waals surface area contributed by atoms with Crippen LogP contribution in [0.3, 0.4) is 0 Å². The molecule has 2 aromatic rings.